The van der Waals surface area contributed by atoms with Crippen LogP contribution in [0.15, 0.2) is 71.6 Å². The van der Waals surface area contributed by atoms with Gasteiger partial charge in [-0.2, -0.15) is 0 Å². The highest BCUT2D eigenvalue weighted by Crippen LogP contribution is 2.29. The topological polar surface area (TPSA) is 86.8 Å². The normalized spacial score (nSPS) is 12.5. The quantitative estimate of drug-likeness (QED) is 0.263. The lowest BCUT2D eigenvalue weighted by Crippen LogP contribution is -2.55. The monoisotopic (exact) mass is 637 g/mol. The van der Waals surface area contributed by atoms with Gasteiger partial charge in [-0.25, -0.2) is 8.42 Å². The van der Waals surface area contributed by atoms with Gasteiger partial charge in [0, 0.05) is 32.7 Å². The highest BCUT2D eigenvalue weighted by atomic mass is 35.5. The van der Waals surface area contributed by atoms with Crippen molar-refractivity contribution < 1.29 is 18.0 Å². The van der Waals surface area contributed by atoms with Crippen LogP contribution < -0.4 is 9.62 Å². The molecule has 3 aromatic rings. The molecule has 0 saturated carbocycles. The Labute approximate surface area is 257 Å². The predicted octanol–water partition coefficient (Wildman–Crippen LogP) is 6.87. The van der Waals surface area contributed by atoms with Crippen LogP contribution in [0.2, 0.25) is 15.1 Å². The molecule has 1 N–H and O–H groups in total. The summed E-state index contributed by atoms with van der Waals surface area (Å²) in [5.41, 5.74) is 1.01. The van der Waals surface area contributed by atoms with Crippen LogP contribution in [0.5, 0.6) is 0 Å². The minimum atomic E-state index is -4.19. The third kappa shape index (κ3) is 8.38. The van der Waals surface area contributed by atoms with E-state index in [1.165, 1.54) is 29.2 Å². The first-order valence-electron chi connectivity index (χ1n) is 13.0. The standard InChI is InChI=1S/C30H34Cl3N3O4S/c1-6-27(29(38)34-30(3,4)5)35(18-24-25(32)8-7-9-26(24)33)28(37)19-36(22-14-12-21(31)13-15-22)41(39,40)23-16-10-20(2)11-17-23/h7-17,27H,6,18-19H2,1-5H3,(H,34,38)/t27-/m1/s1. The highest BCUT2D eigenvalue weighted by Gasteiger charge is 2.35. The largest absolute Gasteiger partial charge is 0.350 e. The summed E-state index contributed by atoms with van der Waals surface area (Å²) in [5, 5.41) is 3.98. The van der Waals surface area contributed by atoms with E-state index in [9.17, 15) is 18.0 Å². The Kier molecular flexibility index (Phi) is 10.7. The summed E-state index contributed by atoms with van der Waals surface area (Å²) >= 11 is 19.0. The average Bonchev–Trinajstić information content (AvgIpc) is 2.88. The van der Waals surface area contributed by atoms with E-state index in [-0.39, 0.29) is 29.5 Å². The summed E-state index contributed by atoms with van der Waals surface area (Å²) in [5.74, 6) is -0.988. The van der Waals surface area contributed by atoms with Gasteiger partial charge >= 0.3 is 0 Å². The van der Waals surface area contributed by atoms with Crippen LogP contribution in [-0.4, -0.2) is 43.3 Å². The van der Waals surface area contributed by atoms with Crippen LogP contribution in [0.3, 0.4) is 0 Å². The maximum Gasteiger partial charge on any atom is 0.264 e. The molecule has 0 aliphatic heterocycles. The van der Waals surface area contributed by atoms with Crippen molar-refractivity contribution in [2.24, 2.45) is 0 Å². The molecule has 0 bridgehead atoms. The first kappa shape index (κ1) is 32.7. The molecule has 0 aliphatic rings. The Hall–Kier alpha value is -2.78. The molecule has 220 valence electrons. The summed E-state index contributed by atoms with van der Waals surface area (Å²) in [7, 11) is -4.19. The number of rotatable bonds is 10. The van der Waals surface area contributed by atoms with Crippen molar-refractivity contribution >= 4 is 62.3 Å². The summed E-state index contributed by atoms with van der Waals surface area (Å²) in [6, 6.07) is 16.5. The molecule has 3 rings (SSSR count). The van der Waals surface area contributed by atoms with Crippen LogP contribution in [0.4, 0.5) is 5.69 Å². The van der Waals surface area contributed by atoms with Crippen LogP contribution in [0.1, 0.15) is 45.2 Å². The molecule has 2 amide bonds. The Morgan fingerprint density at radius 3 is 1.98 bits per heavy atom. The molecule has 0 radical (unpaired) electrons. The van der Waals surface area contributed by atoms with Crippen molar-refractivity contribution in [3.8, 4) is 0 Å². The third-order valence-electron chi connectivity index (χ3n) is 6.28. The summed E-state index contributed by atoms with van der Waals surface area (Å²) in [6.45, 7) is 8.45. The molecule has 1 atom stereocenters. The lowest BCUT2D eigenvalue weighted by atomic mass is 10.1. The van der Waals surface area contributed by atoms with Gasteiger partial charge < -0.3 is 10.2 Å². The van der Waals surface area contributed by atoms with E-state index in [1.807, 2.05) is 27.7 Å². The lowest BCUT2D eigenvalue weighted by molar-refractivity contribution is -0.141. The molecule has 0 heterocycles. The Morgan fingerprint density at radius 1 is 0.902 bits per heavy atom. The second kappa shape index (κ2) is 13.5. The zero-order chi connectivity index (χ0) is 30.5. The van der Waals surface area contributed by atoms with Gasteiger partial charge in [-0.3, -0.25) is 13.9 Å². The summed E-state index contributed by atoms with van der Waals surface area (Å²) in [6.07, 6.45) is 0.265. The van der Waals surface area contributed by atoms with E-state index in [0.717, 1.165) is 9.87 Å². The zero-order valence-electron chi connectivity index (χ0n) is 23.6. The summed E-state index contributed by atoms with van der Waals surface area (Å²) < 4.78 is 28.9. The van der Waals surface area contributed by atoms with Gasteiger partial charge in [0.2, 0.25) is 11.8 Å². The first-order chi connectivity index (χ1) is 19.1. The molecule has 0 spiro atoms. The molecule has 3 aromatic carbocycles. The molecule has 11 heteroatoms. The van der Waals surface area contributed by atoms with E-state index in [2.05, 4.69) is 5.32 Å². The molecule has 0 fully saturated rings. The maximum atomic E-state index is 14.2. The molecule has 0 unspecified atom stereocenters. The maximum absolute atomic E-state index is 14.2. The van der Waals surface area contributed by atoms with E-state index >= 15 is 0 Å². The van der Waals surface area contributed by atoms with Crippen molar-refractivity contribution in [3.05, 3.63) is 92.9 Å². The molecule has 0 aliphatic carbocycles. The van der Waals surface area contributed by atoms with Crippen molar-refractivity contribution in [2.75, 3.05) is 10.8 Å². The van der Waals surface area contributed by atoms with E-state index < -0.39 is 34.1 Å². The Morgan fingerprint density at radius 2 is 1.46 bits per heavy atom. The fraction of sp³-hybridized carbons (Fsp3) is 0.333. The van der Waals surface area contributed by atoms with Gasteiger partial charge in [-0.15, -0.1) is 0 Å². The predicted molar refractivity (Wildman–Crippen MR) is 166 cm³/mol. The zero-order valence-corrected chi connectivity index (χ0v) is 26.7. The molecular formula is C30H34Cl3N3O4S. The number of benzene rings is 3. The number of hydrogen-bond acceptors (Lipinski definition) is 4. The minimum absolute atomic E-state index is 0.0177. The van der Waals surface area contributed by atoms with Crippen molar-refractivity contribution in [3.63, 3.8) is 0 Å². The van der Waals surface area contributed by atoms with Crippen LogP contribution >= 0.6 is 34.8 Å². The van der Waals surface area contributed by atoms with Gasteiger partial charge in [0.25, 0.3) is 10.0 Å². The Bertz CT molecular complexity index is 1470. The van der Waals surface area contributed by atoms with E-state index in [0.29, 0.717) is 20.6 Å². The van der Waals surface area contributed by atoms with E-state index in [1.54, 1.807) is 49.4 Å². The SMILES string of the molecule is CC[C@H](C(=O)NC(C)(C)C)N(Cc1c(Cl)cccc1Cl)C(=O)CN(c1ccc(Cl)cc1)S(=O)(=O)c1ccc(C)cc1. The number of carbonyl (C=O) groups excluding carboxylic acids is 2. The number of amides is 2. The number of halogens is 3. The average molecular weight is 639 g/mol. The second-order valence-corrected chi connectivity index (χ2v) is 13.8. The van der Waals surface area contributed by atoms with Crippen molar-refractivity contribution in [1.29, 1.82) is 0 Å². The number of nitrogens with zero attached hydrogens (tertiary/aromatic N) is 2. The van der Waals surface area contributed by atoms with Crippen LogP contribution in [0.25, 0.3) is 0 Å². The second-order valence-electron chi connectivity index (χ2n) is 10.7. The van der Waals surface area contributed by atoms with Gasteiger partial charge in [-0.05, 0) is 82.6 Å². The smallest absolute Gasteiger partial charge is 0.264 e. The fourth-order valence-corrected chi connectivity index (χ4v) is 6.26. The van der Waals surface area contributed by atoms with Crippen molar-refractivity contribution in [2.45, 2.75) is 64.1 Å². The molecular weight excluding hydrogens is 605 g/mol. The van der Waals surface area contributed by atoms with Crippen molar-refractivity contribution in [1.82, 2.24) is 10.2 Å². The number of sulfonamides is 1. The van der Waals surface area contributed by atoms with Gasteiger partial charge in [0.05, 0.1) is 10.6 Å². The number of nitrogens with one attached hydrogen (secondary N) is 1. The minimum Gasteiger partial charge on any atom is -0.350 e. The highest BCUT2D eigenvalue weighted by molar-refractivity contribution is 7.92. The number of hydrogen-bond donors (Lipinski definition) is 1. The first-order valence-corrected chi connectivity index (χ1v) is 15.6. The molecule has 41 heavy (non-hydrogen) atoms. The molecule has 7 nitrogen and oxygen atoms in total. The fourth-order valence-electron chi connectivity index (χ4n) is 4.20. The summed E-state index contributed by atoms with van der Waals surface area (Å²) in [4.78, 5) is 28.9. The third-order valence-corrected chi connectivity index (χ3v) is 9.02. The van der Waals surface area contributed by atoms with Gasteiger partial charge in [-0.1, -0.05) is 65.5 Å². The molecule has 0 saturated heterocycles. The molecule has 0 aromatic heterocycles. The lowest BCUT2D eigenvalue weighted by Gasteiger charge is -2.35. The van der Waals surface area contributed by atoms with Gasteiger partial charge in [0.1, 0.15) is 12.6 Å². The van der Waals surface area contributed by atoms with E-state index in [4.69, 9.17) is 34.8 Å². The Balaban J connectivity index is 2.11. The number of anilines is 1. The number of aryl methyl sites for hydroxylation is 1. The van der Waals surface area contributed by atoms with Gasteiger partial charge in [0.15, 0.2) is 0 Å². The van der Waals surface area contributed by atoms with Crippen LogP contribution in [-0.2, 0) is 26.2 Å². The number of carbonyl (C=O) groups is 2. The van der Waals surface area contributed by atoms with Crippen LogP contribution in [0, 0.1) is 6.92 Å².